The Bertz CT molecular complexity index is 373. The number of carboxylic acid groups (broad SMARTS) is 1. The van der Waals surface area contributed by atoms with Crippen LogP contribution in [0.5, 0.6) is 0 Å². The summed E-state index contributed by atoms with van der Waals surface area (Å²) in [6.45, 7) is 8.81. The standard InChI is InChI=1S/C30H61NO2/c1-4-6-8-10-12-14-16-18-20-22-24-26-31(29(3)28-30(32)33)27-25-23-21-19-17-15-13-11-9-7-5-2/h29H,4-28H2,1-3H3,(H,32,33). The van der Waals surface area contributed by atoms with Crippen molar-refractivity contribution < 1.29 is 9.90 Å². The van der Waals surface area contributed by atoms with E-state index in [-0.39, 0.29) is 12.5 Å². The second-order valence-corrected chi connectivity index (χ2v) is 10.6. The molecule has 0 aliphatic rings. The third-order valence-corrected chi connectivity index (χ3v) is 7.19. The minimum atomic E-state index is -0.662. The van der Waals surface area contributed by atoms with E-state index in [1.165, 1.54) is 141 Å². The number of carbonyl (C=O) groups is 1. The summed E-state index contributed by atoms with van der Waals surface area (Å²) in [5.41, 5.74) is 0. The van der Waals surface area contributed by atoms with Gasteiger partial charge in [0.2, 0.25) is 0 Å². The molecule has 0 saturated carbocycles. The average Bonchev–Trinajstić information content (AvgIpc) is 2.79. The summed E-state index contributed by atoms with van der Waals surface area (Å²) in [6.07, 6.45) is 30.3. The van der Waals surface area contributed by atoms with Crippen molar-refractivity contribution in [3.05, 3.63) is 0 Å². The van der Waals surface area contributed by atoms with Crippen molar-refractivity contribution in [2.45, 2.75) is 174 Å². The van der Waals surface area contributed by atoms with E-state index in [1.807, 2.05) is 0 Å². The van der Waals surface area contributed by atoms with Crippen LogP contribution >= 0.6 is 0 Å². The number of nitrogens with zero attached hydrogens (tertiary/aromatic N) is 1. The highest BCUT2D eigenvalue weighted by Gasteiger charge is 2.16. The molecule has 0 heterocycles. The fourth-order valence-electron chi connectivity index (χ4n) is 4.89. The van der Waals surface area contributed by atoms with Crippen LogP contribution in [0.25, 0.3) is 0 Å². The lowest BCUT2D eigenvalue weighted by Crippen LogP contribution is -2.36. The smallest absolute Gasteiger partial charge is 0.304 e. The minimum absolute atomic E-state index is 0.161. The largest absolute Gasteiger partial charge is 0.481 e. The zero-order chi connectivity index (χ0) is 24.4. The highest BCUT2D eigenvalue weighted by Crippen LogP contribution is 2.15. The Morgan fingerprint density at radius 1 is 0.545 bits per heavy atom. The topological polar surface area (TPSA) is 40.5 Å². The molecule has 3 heteroatoms. The first-order chi connectivity index (χ1) is 16.1. The second-order valence-electron chi connectivity index (χ2n) is 10.6. The van der Waals surface area contributed by atoms with Crippen LogP contribution in [-0.4, -0.2) is 35.1 Å². The van der Waals surface area contributed by atoms with Gasteiger partial charge in [0.05, 0.1) is 6.42 Å². The summed E-state index contributed by atoms with van der Waals surface area (Å²) >= 11 is 0. The first kappa shape index (κ1) is 32.4. The predicted molar refractivity (Wildman–Crippen MR) is 146 cm³/mol. The Morgan fingerprint density at radius 2 is 0.818 bits per heavy atom. The molecule has 0 aromatic heterocycles. The van der Waals surface area contributed by atoms with Crippen molar-refractivity contribution in [3.63, 3.8) is 0 Å². The molecule has 1 atom stereocenters. The number of unbranched alkanes of at least 4 members (excludes halogenated alkanes) is 20. The van der Waals surface area contributed by atoms with Crippen LogP contribution in [0, 0.1) is 0 Å². The van der Waals surface area contributed by atoms with Gasteiger partial charge in [-0.1, -0.05) is 142 Å². The summed E-state index contributed by atoms with van der Waals surface area (Å²) in [6, 6.07) is 0.161. The molecule has 0 amide bonds. The maximum Gasteiger partial charge on any atom is 0.304 e. The van der Waals surface area contributed by atoms with Gasteiger partial charge in [0.15, 0.2) is 0 Å². The van der Waals surface area contributed by atoms with Gasteiger partial charge in [-0.25, -0.2) is 0 Å². The van der Waals surface area contributed by atoms with Crippen LogP contribution < -0.4 is 0 Å². The molecule has 0 bridgehead atoms. The Hall–Kier alpha value is -0.570. The third kappa shape index (κ3) is 24.4. The van der Waals surface area contributed by atoms with Gasteiger partial charge in [-0.05, 0) is 32.9 Å². The zero-order valence-electron chi connectivity index (χ0n) is 23.1. The molecule has 0 aliphatic carbocycles. The molecule has 0 spiro atoms. The maximum atomic E-state index is 11.2. The van der Waals surface area contributed by atoms with Gasteiger partial charge in [0.25, 0.3) is 0 Å². The number of rotatable bonds is 27. The quantitative estimate of drug-likeness (QED) is 0.122. The van der Waals surface area contributed by atoms with Crippen molar-refractivity contribution >= 4 is 5.97 Å². The van der Waals surface area contributed by atoms with E-state index >= 15 is 0 Å². The van der Waals surface area contributed by atoms with Crippen LogP contribution in [0.15, 0.2) is 0 Å². The normalized spacial score (nSPS) is 12.5. The van der Waals surface area contributed by atoms with Gasteiger partial charge in [0, 0.05) is 6.04 Å². The molecular formula is C30H61NO2. The molecule has 0 fully saturated rings. The first-order valence-corrected chi connectivity index (χ1v) is 15.1. The van der Waals surface area contributed by atoms with E-state index in [1.54, 1.807) is 0 Å². The second kappa shape index (κ2) is 26.0. The molecule has 0 aromatic rings. The lowest BCUT2D eigenvalue weighted by atomic mass is 10.0. The Morgan fingerprint density at radius 3 is 1.09 bits per heavy atom. The summed E-state index contributed by atoms with van der Waals surface area (Å²) in [5, 5.41) is 9.23. The van der Waals surface area contributed by atoms with E-state index in [2.05, 4.69) is 25.7 Å². The zero-order valence-corrected chi connectivity index (χ0v) is 23.1. The highest BCUT2D eigenvalue weighted by atomic mass is 16.4. The van der Waals surface area contributed by atoms with Crippen LogP contribution in [0.1, 0.15) is 168 Å². The fraction of sp³-hybridized carbons (Fsp3) is 0.967. The monoisotopic (exact) mass is 467 g/mol. The van der Waals surface area contributed by atoms with Gasteiger partial charge < -0.3 is 10.0 Å². The molecule has 0 saturated heterocycles. The van der Waals surface area contributed by atoms with Crippen LogP contribution in [0.3, 0.4) is 0 Å². The molecule has 33 heavy (non-hydrogen) atoms. The van der Waals surface area contributed by atoms with E-state index in [4.69, 9.17) is 0 Å². The van der Waals surface area contributed by atoms with Crippen LogP contribution in [-0.2, 0) is 4.79 Å². The number of hydrogen-bond donors (Lipinski definition) is 1. The maximum absolute atomic E-state index is 11.2. The van der Waals surface area contributed by atoms with Crippen LogP contribution in [0.4, 0.5) is 0 Å². The van der Waals surface area contributed by atoms with E-state index in [0.717, 1.165) is 13.1 Å². The van der Waals surface area contributed by atoms with Gasteiger partial charge in [-0.3, -0.25) is 4.79 Å². The lowest BCUT2D eigenvalue weighted by molar-refractivity contribution is -0.138. The van der Waals surface area contributed by atoms with Gasteiger partial charge >= 0.3 is 5.97 Å². The number of hydrogen-bond acceptors (Lipinski definition) is 2. The van der Waals surface area contributed by atoms with Crippen molar-refractivity contribution in [3.8, 4) is 0 Å². The first-order valence-electron chi connectivity index (χ1n) is 15.1. The summed E-state index contributed by atoms with van der Waals surface area (Å²) < 4.78 is 0. The summed E-state index contributed by atoms with van der Waals surface area (Å²) in [4.78, 5) is 13.7. The molecular weight excluding hydrogens is 406 g/mol. The fourth-order valence-corrected chi connectivity index (χ4v) is 4.89. The van der Waals surface area contributed by atoms with E-state index in [0.29, 0.717) is 0 Å². The lowest BCUT2D eigenvalue weighted by Gasteiger charge is -2.28. The van der Waals surface area contributed by atoms with Crippen molar-refractivity contribution in [2.24, 2.45) is 0 Å². The third-order valence-electron chi connectivity index (χ3n) is 7.19. The van der Waals surface area contributed by atoms with Gasteiger partial charge in [-0.2, -0.15) is 0 Å². The molecule has 0 rings (SSSR count). The molecule has 0 aromatic carbocycles. The summed E-state index contributed by atoms with van der Waals surface area (Å²) in [5.74, 6) is -0.662. The predicted octanol–water partition coefficient (Wildman–Crippen LogP) is 9.77. The van der Waals surface area contributed by atoms with E-state index in [9.17, 15) is 9.90 Å². The molecule has 0 radical (unpaired) electrons. The molecule has 3 nitrogen and oxygen atoms in total. The van der Waals surface area contributed by atoms with Crippen molar-refractivity contribution in [1.29, 1.82) is 0 Å². The van der Waals surface area contributed by atoms with Crippen molar-refractivity contribution in [2.75, 3.05) is 13.1 Å². The minimum Gasteiger partial charge on any atom is -0.481 e. The average molecular weight is 468 g/mol. The molecule has 1 N–H and O–H groups in total. The van der Waals surface area contributed by atoms with Crippen molar-refractivity contribution in [1.82, 2.24) is 4.90 Å². The molecule has 0 aliphatic heterocycles. The van der Waals surface area contributed by atoms with Gasteiger partial charge in [0.1, 0.15) is 0 Å². The highest BCUT2D eigenvalue weighted by molar-refractivity contribution is 5.67. The Kier molecular flexibility index (Phi) is 25.6. The number of aliphatic carboxylic acids is 1. The molecule has 1 unspecified atom stereocenters. The van der Waals surface area contributed by atoms with Crippen LogP contribution in [0.2, 0.25) is 0 Å². The SMILES string of the molecule is CCCCCCCCCCCCCN(CCCCCCCCCCCCC)C(C)CC(=O)O. The number of carboxylic acids is 1. The Labute approximate surface area is 208 Å². The summed E-state index contributed by atoms with van der Waals surface area (Å²) in [7, 11) is 0. The van der Waals surface area contributed by atoms with E-state index < -0.39 is 5.97 Å². The molecule has 198 valence electrons. The Balaban J connectivity index is 3.79. The van der Waals surface area contributed by atoms with Gasteiger partial charge in [-0.15, -0.1) is 0 Å².